The van der Waals surface area contributed by atoms with Crippen molar-refractivity contribution in [2.75, 3.05) is 0 Å². The minimum absolute atomic E-state index is 0.198. The van der Waals surface area contributed by atoms with Gasteiger partial charge < -0.3 is 9.15 Å². The Kier molecular flexibility index (Phi) is 4.88. The molecule has 1 aromatic carbocycles. The zero-order chi connectivity index (χ0) is 16.2. The van der Waals surface area contributed by atoms with Crippen molar-refractivity contribution in [3.8, 4) is 10.8 Å². The van der Waals surface area contributed by atoms with Gasteiger partial charge in [-0.25, -0.2) is 0 Å². The van der Waals surface area contributed by atoms with Crippen LogP contribution >= 0.6 is 27.3 Å². The van der Waals surface area contributed by atoms with Crippen LogP contribution in [0, 0.1) is 0 Å². The number of carbonyl (C=O) groups excluding carboxylic acids is 1. The molecule has 5 nitrogen and oxygen atoms in total. The van der Waals surface area contributed by atoms with Gasteiger partial charge in [-0.1, -0.05) is 34.1 Å². The molecule has 0 aliphatic rings. The summed E-state index contributed by atoms with van der Waals surface area (Å²) in [6.07, 6.45) is -0.386. The third-order valence-electron chi connectivity index (χ3n) is 3.09. The molecule has 0 spiro atoms. The van der Waals surface area contributed by atoms with Crippen LogP contribution in [0.25, 0.3) is 10.8 Å². The third kappa shape index (κ3) is 4.05. The summed E-state index contributed by atoms with van der Waals surface area (Å²) in [6.45, 7) is 1.71. The standard InChI is InChI=1S/C16H13BrN2O3S/c1-10(15-18-19-16(22-15)13-3-2-8-23-13)21-14(20)9-11-4-6-12(17)7-5-11/h2-8,10H,9H2,1H3/t10-/m0/s1. The molecule has 7 heteroatoms. The van der Waals surface area contributed by atoms with E-state index in [-0.39, 0.29) is 18.3 Å². The lowest BCUT2D eigenvalue weighted by Gasteiger charge is -2.09. The first-order valence-corrected chi connectivity index (χ1v) is 8.60. The van der Waals surface area contributed by atoms with Gasteiger partial charge in [-0.05, 0) is 36.1 Å². The highest BCUT2D eigenvalue weighted by molar-refractivity contribution is 9.10. The van der Waals surface area contributed by atoms with Gasteiger partial charge in [-0.3, -0.25) is 4.79 Å². The summed E-state index contributed by atoms with van der Waals surface area (Å²) >= 11 is 4.87. The molecule has 0 N–H and O–H groups in total. The van der Waals surface area contributed by atoms with Crippen LogP contribution in [-0.4, -0.2) is 16.2 Å². The fourth-order valence-electron chi connectivity index (χ4n) is 1.96. The van der Waals surface area contributed by atoms with Gasteiger partial charge in [0.2, 0.25) is 0 Å². The fourth-order valence-corrected chi connectivity index (χ4v) is 2.87. The van der Waals surface area contributed by atoms with Gasteiger partial charge in [0.05, 0.1) is 11.3 Å². The number of benzene rings is 1. The number of rotatable bonds is 5. The van der Waals surface area contributed by atoms with Crippen LogP contribution in [-0.2, 0) is 16.0 Å². The molecule has 0 amide bonds. The SMILES string of the molecule is C[C@H](OC(=O)Cc1ccc(Br)cc1)c1nnc(-c2cccs2)o1. The number of esters is 1. The van der Waals surface area contributed by atoms with Crippen LogP contribution in [0.3, 0.4) is 0 Å². The molecular weight excluding hydrogens is 380 g/mol. The Labute approximate surface area is 145 Å². The number of halogens is 1. The van der Waals surface area contributed by atoms with Crippen molar-refractivity contribution < 1.29 is 13.9 Å². The minimum Gasteiger partial charge on any atom is -0.452 e. The summed E-state index contributed by atoms with van der Waals surface area (Å²) < 4.78 is 11.9. The lowest BCUT2D eigenvalue weighted by atomic mass is 10.1. The summed E-state index contributed by atoms with van der Waals surface area (Å²) in [7, 11) is 0. The maximum atomic E-state index is 12.0. The summed E-state index contributed by atoms with van der Waals surface area (Å²) in [5.74, 6) is 0.388. The minimum atomic E-state index is -0.584. The fraction of sp³-hybridized carbons (Fsp3) is 0.188. The molecule has 0 bridgehead atoms. The molecule has 118 valence electrons. The van der Waals surface area contributed by atoms with Crippen LogP contribution in [0.4, 0.5) is 0 Å². The van der Waals surface area contributed by atoms with Gasteiger partial charge in [0.1, 0.15) is 0 Å². The molecule has 2 aromatic heterocycles. The van der Waals surface area contributed by atoms with Crippen LogP contribution in [0.15, 0.2) is 50.7 Å². The Bertz CT molecular complexity index is 784. The smallest absolute Gasteiger partial charge is 0.311 e. The van der Waals surface area contributed by atoms with E-state index in [0.29, 0.717) is 5.89 Å². The second-order valence-corrected chi connectivity index (χ2v) is 6.72. The maximum absolute atomic E-state index is 12.0. The Morgan fingerprint density at radius 1 is 1.30 bits per heavy atom. The van der Waals surface area contributed by atoms with E-state index in [2.05, 4.69) is 26.1 Å². The van der Waals surface area contributed by atoms with Crippen molar-refractivity contribution in [1.29, 1.82) is 0 Å². The Hall–Kier alpha value is -1.99. The van der Waals surface area contributed by atoms with Crippen LogP contribution < -0.4 is 0 Å². The molecule has 1 atom stereocenters. The van der Waals surface area contributed by atoms with E-state index < -0.39 is 6.10 Å². The average Bonchev–Trinajstić information content (AvgIpc) is 3.20. The first kappa shape index (κ1) is 15.9. The van der Waals surface area contributed by atoms with Gasteiger partial charge in [0.15, 0.2) is 6.10 Å². The van der Waals surface area contributed by atoms with Crippen molar-refractivity contribution in [3.63, 3.8) is 0 Å². The quantitative estimate of drug-likeness (QED) is 0.601. The maximum Gasteiger partial charge on any atom is 0.311 e. The molecule has 23 heavy (non-hydrogen) atoms. The summed E-state index contributed by atoms with van der Waals surface area (Å²) in [5, 5.41) is 9.86. The highest BCUT2D eigenvalue weighted by Gasteiger charge is 2.19. The molecular formula is C16H13BrN2O3S. The van der Waals surface area contributed by atoms with Gasteiger partial charge >= 0.3 is 5.97 Å². The normalized spacial score (nSPS) is 12.1. The zero-order valence-electron chi connectivity index (χ0n) is 12.2. The first-order chi connectivity index (χ1) is 11.1. The topological polar surface area (TPSA) is 65.2 Å². The van der Waals surface area contributed by atoms with E-state index in [4.69, 9.17) is 9.15 Å². The predicted octanol–water partition coefficient (Wildman–Crippen LogP) is 4.41. The summed E-state index contributed by atoms with van der Waals surface area (Å²) in [6, 6.07) is 11.3. The third-order valence-corrected chi connectivity index (χ3v) is 4.48. The summed E-state index contributed by atoms with van der Waals surface area (Å²) in [5.41, 5.74) is 0.884. The largest absolute Gasteiger partial charge is 0.452 e. The van der Waals surface area contributed by atoms with Crippen molar-refractivity contribution in [2.45, 2.75) is 19.4 Å². The van der Waals surface area contributed by atoms with E-state index in [1.54, 1.807) is 6.92 Å². The number of carbonyl (C=O) groups is 1. The van der Waals surface area contributed by atoms with E-state index in [1.807, 2.05) is 41.8 Å². The lowest BCUT2D eigenvalue weighted by Crippen LogP contribution is -2.11. The second kappa shape index (κ2) is 7.06. The molecule has 0 saturated heterocycles. The van der Waals surface area contributed by atoms with Crippen LogP contribution in [0.5, 0.6) is 0 Å². The van der Waals surface area contributed by atoms with E-state index in [1.165, 1.54) is 11.3 Å². The van der Waals surface area contributed by atoms with Gasteiger partial charge in [-0.15, -0.1) is 21.5 Å². The summed E-state index contributed by atoms with van der Waals surface area (Å²) in [4.78, 5) is 12.9. The number of nitrogens with zero attached hydrogens (tertiary/aromatic N) is 2. The van der Waals surface area contributed by atoms with Crippen LogP contribution in [0.2, 0.25) is 0 Å². The molecule has 0 saturated carbocycles. The Morgan fingerprint density at radius 3 is 2.78 bits per heavy atom. The van der Waals surface area contributed by atoms with Crippen molar-refractivity contribution in [2.24, 2.45) is 0 Å². The van der Waals surface area contributed by atoms with Gasteiger partial charge in [-0.2, -0.15) is 0 Å². The molecule has 3 rings (SSSR count). The first-order valence-electron chi connectivity index (χ1n) is 6.93. The molecule has 2 heterocycles. The molecule has 3 aromatic rings. The monoisotopic (exact) mass is 392 g/mol. The lowest BCUT2D eigenvalue weighted by molar-refractivity contribution is -0.148. The highest BCUT2D eigenvalue weighted by atomic mass is 79.9. The molecule has 0 unspecified atom stereocenters. The number of thiophene rings is 1. The van der Waals surface area contributed by atoms with Crippen LogP contribution in [0.1, 0.15) is 24.5 Å². The molecule has 0 radical (unpaired) electrons. The molecule has 0 aliphatic heterocycles. The highest BCUT2D eigenvalue weighted by Crippen LogP contribution is 2.26. The van der Waals surface area contributed by atoms with E-state index in [9.17, 15) is 4.79 Å². The second-order valence-electron chi connectivity index (χ2n) is 4.86. The number of hydrogen-bond acceptors (Lipinski definition) is 6. The van der Waals surface area contributed by atoms with E-state index in [0.717, 1.165) is 14.9 Å². The molecule has 0 aliphatic carbocycles. The van der Waals surface area contributed by atoms with Crippen molar-refractivity contribution in [3.05, 3.63) is 57.7 Å². The molecule has 0 fully saturated rings. The number of hydrogen-bond donors (Lipinski definition) is 0. The number of aromatic nitrogens is 2. The Balaban J connectivity index is 1.61. The van der Waals surface area contributed by atoms with Gasteiger partial charge in [0.25, 0.3) is 11.8 Å². The van der Waals surface area contributed by atoms with E-state index >= 15 is 0 Å². The number of ether oxygens (including phenoxy) is 1. The van der Waals surface area contributed by atoms with Gasteiger partial charge in [0, 0.05) is 4.47 Å². The van der Waals surface area contributed by atoms with Crippen molar-refractivity contribution in [1.82, 2.24) is 10.2 Å². The average molecular weight is 393 g/mol. The van der Waals surface area contributed by atoms with Crippen molar-refractivity contribution >= 4 is 33.2 Å². The predicted molar refractivity (Wildman–Crippen MR) is 90.0 cm³/mol. The zero-order valence-corrected chi connectivity index (χ0v) is 14.6. The Morgan fingerprint density at radius 2 is 2.09 bits per heavy atom.